The van der Waals surface area contributed by atoms with Crippen molar-refractivity contribution in [3.8, 4) is 0 Å². The maximum Gasteiger partial charge on any atom is 0.332 e. The second kappa shape index (κ2) is 9.42. The Morgan fingerprint density at radius 1 is 0.970 bits per heavy atom. The summed E-state index contributed by atoms with van der Waals surface area (Å²) in [6, 6.07) is 17.7. The average molecular weight is 466 g/mol. The third kappa shape index (κ3) is 5.04. The lowest BCUT2D eigenvalue weighted by Gasteiger charge is -2.22. The zero-order valence-electron chi connectivity index (χ0n) is 17.8. The van der Waals surface area contributed by atoms with Gasteiger partial charge in [0.2, 0.25) is 5.91 Å². The topological polar surface area (TPSA) is 69.7 Å². The van der Waals surface area contributed by atoms with Crippen molar-refractivity contribution in [2.45, 2.75) is 25.9 Å². The molecule has 8 heteroatoms. The number of carbonyl (C=O) groups is 3. The summed E-state index contributed by atoms with van der Waals surface area (Å²) in [4.78, 5) is 41.6. The first-order valence-corrected chi connectivity index (χ1v) is 10.7. The molecule has 0 radical (unpaired) electrons. The van der Waals surface area contributed by atoms with Crippen LogP contribution in [-0.2, 0) is 16.1 Å². The molecule has 1 saturated heterocycles. The van der Waals surface area contributed by atoms with E-state index in [0.29, 0.717) is 10.7 Å². The second-order valence-electron chi connectivity index (χ2n) is 7.82. The predicted molar refractivity (Wildman–Crippen MR) is 124 cm³/mol. The van der Waals surface area contributed by atoms with Crippen molar-refractivity contribution in [2.75, 3.05) is 10.2 Å². The molecule has 1 atom stereocenters. The van der Waals surface area contributed by atoms with E-state index in [0.717, 1.165) is 16.0 Å². The third-order valence-electron chi connectivity index (χ3n) is 5.38. The monoisotopic (exact) mass is 465 g/mol. The van der Waals surface area contributed by atoms with Gasteiger partial charge in [0.25, 0.3) is 5.91 Å². The first-order valence-electron chi connectivity index (χ1n) is 10.3. The largest absolute Gasteiger partial charge is 0.332 e. The first kappa shape index (κ1) is 22.5. The number of benzene rings is 3. The fourth-order valence-corrected chi connectivity index (χ4v) is 3.78. The quantitative estimate of drug-likeness (QED) is 0.511. The van der Waals surface area contributed by atoms with Crippen molar-refractivity contribution in [3.63, 3.8) is 0 Å². The summed E-state index contributed by atoms with van der Waals surface area (Å²) in [5, 5.41) is 3.26. The maximum absolute atomic E-state index is 13.4. The smallest absolute Gasteiger partial charge is 0.326 e. The summed E-state index contributed by atoms with van der Waals surface area (Å²) >= 11 is 5.88. The Bertz CT molecular complexity index is 1180. The van der Waals surface area contributed by atoms with E-state index in [1.807, 2.05) is 31.2 Å². The highest BCUT2D eigenvalue weighted by Gasteiger charge is 2.46. The molecule has 6 nitrogen and oxygen atoms in total. The molecule has 168 valence electrons. The molecule has 0 aromatic heterocycles. The van der Waals surface area contributed by atoms with Crippen LogP contribution in [0.2, 0.25) is 5.02 Å². The number of nitrogens with one attached hydrogen (secondary N) is 1. The van der Waals surface area contributed by atoms with Crippen LogP contribution < -0.4 is 10.2 Å². The number of amides is 4. The highest BCUT2D eigenvalue weighted by Crippen LogP contribution is 2.29. The lowest BCUT2D eigenvalue weighted by molar-refractivity contribution is -0.124. The van der Waals surface area contributed by atoms with Gasteiger partial charge in [-0.2, -0.15) is 0 Å². The Morgan fingerprint density at radius 3 is 2.24 bits per heavy atom. The molecule has 0 spiro atoms. The second-order valence-corrected chi connectivity index (χ2v) is 8.26. The molecule has 0 bridgehead atoms. The number of rotatable bonds is 6. The lowest BCUT2D eigenvalue weighted by Crippen LogP contribution is -2.37. The predicted octanol–water partition coefficient (Wildman–Crippen LogP) is 5.15. The van der Waals surface area contributed by atoms with Gasteiger partial charge in [-0.05, 0) is 61.0 Å². The Morgan fingerprint density at radius 2 is 1.61 bits per heavy atom. The average Bonchev–Trinajstić information content (AvgIpc) is 3.01. The van der Waals surface area contributed by atoms with E-state index in [2.05, 4.69) is 5.32 Å². The van der Waals surface area contributed by atoms with E-state index in [1.54, 1.807) is 24.3 Å². The molecule has 1 aliphatic rings. The number of aryl methyl sites for hydroxylation is 1. The Balaban J connectivity index is 1.59. The fraction of sp³-hybridized carbons (Fsp3) is 0.160. The summed E-state index contributed by atoms with van der Waals surface area (Å²) in [7, 11) is 0. The van der Waals surface area contributed by atoms with Crippen molar-refractivity contribution in [1.82, 2.24) is 4.90 Å². The normalized spacial score (nSPS) is 15.8. The number of hydrogen-bond donors (Lipinski definition) is 1. The summed E-state index contributed by atoms with van der Waals surface area (Å²) in [6.45, 7) is 2.11. The molecule has 0 aliphatic carbocycles. The van der Waals surface area contributed by atoms with Crippen molar-refractivity contribution < 1.29 is 18.8 Å². The van der Waals surface area contributed by atoms with Crippen LogP contribution in [0, 0.1) is 12.7 Å². The summed E-state index contributed by atoms with van der Waals surface area (Å²) < 4.78 is 13.4. The van der Waals surface area contributed by atoms with E-state index in [4.69, 9.17) is 11.6 Å². The van der Waals surface area contributed by atoms with Gasteiger partial charge in [0.15, 0.2) is 0 Å². The van der Waals surface area contributed by atoms with Gasteiger partial charge in [-0.15, -0.1) is 0 Å². The minimum absolute atomic E-state index is 0.154. The fourth-order valence-electron chi connectivity index (χ4n) is 3.65. The molecule has 1 N–H and O–H groups in total. The van der Waals surface area contributed by atoms with Crippen molar-refractivity contribution in [3.05, 3.63) is 94.8 Å². The minimum atomic E-state index is -1.00. The molecule has 1 heterocycles. The van der Waals surface area contributed by atoms with Crippen LogP contribution >= 0.6 is 11.6 Å². The zero-order chi connectivity index (χ0) is 23.5. The number of halogens is 2. The lowest BCUT2D eigenvalue weighted by atomic mass is 10.1. The number of carbonyl (C=O) groups excluding carboxylic acids is 3. The van der Waals surface area contributed by atoms with Gasteiger partial charge in [-0.25, -0.2) is 14.1 Å². The zero-order valence-corrected chi connectivity index (χ0v) is 18.6. The van der Waals surface area contributed by atoms with Gasteiger partial charge >= 0.3 is 6.03 Å². The number of urea groups is 1. The van der Waals surface area contributed by atoms with Crippen LogP contribution in [0.3, 0.4) is 0 Å². The van der Waals surface area contributed by atoms with Crippen LogP contribution in [0.5, 0.6) is 0 Å². The molecule has 4 amide bonds. The summed E-state index contributed by atoms with van der Waals surface area (Å²) in [5.41, 5.74) is 2.67. The number of imide groups is 1. The molecule has 33 heavy (non-hydrogen) atoms. The highest BCUT2D eigenvalue weighted by atomic mass is 35.5. The molecule has 0 saturated carbocycles. The molecule has 0 unspecified atom stereocenters. The Kier molecular flexibility index (Phi) is 6.42. The summed E-state index contributed by atoms with van der Waals surface area (Å²) in [6.07, 6.45) is -0.225. The van der Waals surface area contributed by atoms with Crippen LogP contribution in [-0.4, -0.2) is 28.8 Å². The van der Waals surface area contributed by atoms with E-state index < -0.39 is 29.7 Å². The van der Waals surface area contributed by atoms with Crippen LogP contribution in [0.25, 0.3) is 0 Å². The Labute approximate surface area is 195 Å². The van der Waals surface area contributed by atoms with Gasteiger partial charge in [0.05, 0.1) is 12.1 Å². The van der Waals surface area contributed by atoms with Crippen molar-refractivity contribution >= 4 is 40.8 Å². The number of anilines is 2. The molecule has 1 fully saturated rings. The highest BCUT2D eigenvalue weighted by molar-refractivity contribution is 6.30. The standard InChI is InChI=1S/C25H21ClFN3O3/c1-16-2-4-17(5-3-16)15-29-22(14-23(31)28-20-10-6-18(26)7-11-20)24(32)30(25(29)33)21-12-8-19(27)9-13-21/h2-13,22H,14-15H2,1H3,(H,28,31)/t22-/m1/s1. The molecule has 3 aromatic carbocycles. The maximum atomic E-state index is 13.4. The van der Waals surface area contributed by atoms with Gasteiger partial charge in [-0.3, -0.25) is 9.59 Å². The summed E-state index contributed by atoms with van der Waals surface area (Å²) in [5.74, 6) is -1.43. The molecule has 3 aromatic rings. The van der Waals surface area contributed by atoms with Gasteiger partial charge in [-0.1, -0.05) is 41.4 Å². The molecular weight excluding hydrogens is 445 g/mol. The first-order chi connectivity index (χ1) is 15.8. The van der Waals surface area contributed by atoms with Gasteiger partial charge < -0.3 is 10.2 Å². The van der Waals surface area contributed by atoms with Gasteiger partial charge in [0, 0.05) is 17.3 Å². The van der Waals surface area contributed by atoms with Crippen molar-refractivity contribution in [2.24, 2.45) is 0 Å². The minimum Gasteiger partial charge on any atom is -0.326 e. The van der Waals surface area contributed by atoms with E-state index in [9.17, 15) is 18.8 Å². The third-order valence-corrected chi connectivity index (χ3v) is 5.64. The van der Waals surface area contributed by atoms with Crippen LogP contribution in [0.4, 0.5) is 20.6 Å². The molecule has 1 aliphatic heterocycles. The Hall–Kier alpha value is -3.71. The number of hydrogen-bond acceptors (Lipinski definition) is 3. The van der Waals surface area contributed by atoms with E-state index in [1.165, 1.54) is 29.2 Å². The van der Waals surface area contributed by atoms with E-state index >= 15 is 0 Å². The SMILES string of the molecule is Cc1ccc(CN2C(=O)N(c3ccc(F)cc3)C(=O)[C@H]2CC(=O)Nc2ccc(Cl)cc2)cc1. The molecular formula is C25H21ClFN3O3. The van der Waals surface area contributed by atoms with E-state index in [-0.39, 0.29) is 18.7 Å². The van der Waals surface area contributed by atoms with Crippen molar-refractivity contribution in [1.29, 1.82) is 0 Å². The van der Waals surface area contributed by atoms with Crippen LogP contribution in [0.15, 0.2) is 72.8 Å². The molecule has 4 rings (SSSR count). The number of nitrogens with zero attached hydrogens (tertiary/aromatic N) is 2. The van der Waals surface area contributed by atoms with Crippen LogP contribution in [0.1, 0.15) is 17.5 Å². The van der Waals surface area contributed by atoms with Gasteiger partial charge in [0.1, 0.15) is 11.9 Å².